The standard InChI is InChI=1S/C15H21ClN2O3/c1-11(2)18(10-12-5-3-6-13(16)9-12)15(21)17-8-4-7-14(19)20/h3,5-6,9,11H,4,7-8,10H2,1-2H3,(H,17,21)(H,19,20). The molecule has 2 N–H and O–H groups in total. The van der Waals surface area contributed by atoms with Crippen LogP contribution in [-0.4, -0.2) is 34.6 Å². The Morgan fingerprint density at radius 1 is 1.38 bits per heavy atom. The molecule has 1 aromatic carbocycles. The van der Waals surface area contributed by atoms with Gasteiger partial charge in [-0.15, -0.1) is 0 Å². The Labute approximate surface area is 129 Å². The van der Waals surface area contributed by atoms with Crippen molar-refractivity contribution < 1.29 is 14.7 Å². The fraction of sp³-hybridized carbons (Fsp3) is 0.467. The summed E-state index contributed by atoms with van der Waals surface area (Å²) in [5, 5.41) is 11.9. The minimum Gasteiger partial charge on any atom is -0.481 e. The summed E-state index contributed by atoms with van der Waals surface area (Å²) >= 11 is 5.94. The number of aliphatic carboxylic acids is 1. The largest absolute Gasteiger partial charge is 0.481 e. The van der Waals surface area contributed by atoms with Crippen LogP contribution < -0.4 is 5.32 Å². The summed E-state index contributed by atoms with van der Waals surface area (Å²) in [5.41, 5.74) is 0.955. The van der Waals surface area contributed by atoms with E-state index in [-0.39, 0.29) is 18.5 Å². The van der Waals surface area contributed by atoms with Gasteiger partial charge >= 0.3 is 12.0 Å². The molecule has 21 heavy (non-hydrogen) atoms. The van der Waals surface area contributed by atoms with E-state index in [1.165, 1.54) is 0 Å². The van der Waals surface area contributed by atoms with E-state index >= 15 is 0 Å². The summed E-state index contributed by atoms with van der Waals surface area (Å²) in [7, 11) is 0. The first-order valence-corrected chi connectivity index (χ1v) is 7.28. The second-order valence-corrected chi connectivity index (χ2v) is 5.52. The third-order valence-corrected chi connectivity index (χ3v) is 3.20. The summed E-state index contributed by atoms with van der Waals surface area (Å²) in [6.45, 7) is 4.68. The zero-order chi connectivity index (χ0) is 15.8. The molecule has 0 spiro atoms. The summed E-state index contributed by atoms with van der Waals surface area (Å²) in [6, 6.07) is 7.21. The monoisotopic (exact) mass is 312 g/mol. The molecular weight excluding hydrogens is 292 g/mol. The molecule has 0 fully saturated rings. The molecule has 6 heteroatoms. The Balaban J connectivity index is 2.56. The van der Waals surface area contributed by atoms with Crippen LogP contribution in [0.25, 0.3) is 0 Å². The topological polar surface area (TPSA) is 69.6 Å². The van der Waals surface area contributed by atoms with E-state index in [9.17, 15) is 9.59 Å². The molecule has 0 unspecified atom stereocenters. The molecule has 0 bridgehead atoms. The van der Waals surface area contributed by atoms with Crippen molar-refractivity contribution in [1.82, 2.24) is 10.2 Å². The third kappa shape index (κ3) is 6.49. The van der Waals surface area contributed by atoms with Crippen molar-refractivity contribution in [3.63, 3.8) is 0 Å². The minimum atomic E-state index is -0.858. The number of hydrogen-bond acceptors (Lipinski definition) is 2. The van der Waals surface area contributed by atoms with E-state index < -0.39 is 5.97 Å². The van der Waals surface area contributed by atoms with E-state index in [1.54, 1.807) is 11.0 Å². The van der Waals surface area contributed by atoms with Crippen molar-refractivity contribution in [3.05, 3.63) is 34.9 Å². The molecule has 5 nitrogen and oxygen atoms in total. The number of carbonyl (C=O) groups is 2. The Kier molecular flexibility index (Phi) is 7.02. The number of rotatable bonds is 7. The van der Waals surface area contributed by atoms with Crippen LogP contribution in [0.4, 0.5) is 4.79 Å². The predicted octanol–water partition coefficient (Wildman–Crippen LogP) is 3.12. The van der Waals surface area contributed by atoms with Gasteiger partial charge in [0.25, 0.3) is 0 Å². The fourth-order valence-electron chi connectivity index (χ4n) is 1.86. The van der Waals surface area contributed by atoms with Gasteiger partial charge in [-0.3, -0.25) is 4.79 Å². The van der Waals surface area contributed by atoms with Gasteiger partial charge in [-0.2, -0.15) is 0 Å². The third-order valence-electron chi connectivity index (χ3n) is 2.97. The smallest absolute Gasteiger partial charge is 0.317 e. The lowest BCUT2D eigenvalue weighted by Crippen LogP contribution is -2.43. The highest BCUT2D eigenvalue weighted by Gasteiger charge is 2.17. The molecule has 116 valence electrons. The molecule has 0 saturated carbocycles. The highest BCUT2D eigenvalue weighted by molar-refractivity contribution is 6.30. The Bertz CT molecular complexity index is 492. The molecule has 0 aliphatic heterocycles. The highest BCUT2D eigenvalue weighted by Crippen LogP contribution is 2.14. The predicted molar refractivity (Wildman–Crippen MR) is 82.4 cm³/mol. The van der Waals surface area contributed by atoms with Crippen molar-refractivity contribution in [3.8, 4) is 0 Å². The van der Waals surface area contributed by atoms with E-state index in [0.717, 1.165) is 5.56 Å². The van der Waals surface area contributed by atoms with Crippen molar-refractivity contribution in [2.75, 3.05) is 6.54 Å². The number of carboxylic acids is 1. The number of carbonyl (C=O) groups excluding carboxylic acids is 1. The summed E-state index contributed by atoms with van der Waals surface area (Å²) in [6.07, 6.45) is 0.473. The number of benzene rings is 1. The van der Waals surface area contributed by atoms with Gasteiger partial charge in [0, 0.05) is 30.6 Å². The van der Waals surface area contributed by atoms with Crippen molar-refractivity contribution in [2.45, 2.75) is 39.3 Å². The minimum absolute atomic E-state index is 0.0310. The van der Waals surface area contributed by atoms with E-state index in [4.69, 9.17) is 16.7 Å². The Hall–Kier alpha value is -1.75. The van der Waals surface area contributed by atoms with Crippen LogP contribution in [0.3, 0.4) is 0 Å². The second kappa shape index (κ2) is 8.52. The van der Waals surface area contributed by atoms with Crippen LogP contribution in [0.5, 0.6) is 0 Å². The molecule has 0 heterocycles. The van der Waals surface area contributed by atoms with E-state index in [1.807, 2.05) is 32.0 Å². The number of urea groups is 1. The maximum Gasteiger partial charge on any atom is 0.317 e. The number of nitrogens with zero attached hydrogens (tertiary/aromatic N) is 1. The lowest BCUT2D eigenvalue weighted by atomic mass is 10.2. The van der Waals surface area contributed by atoms with Crippen LogP contribution in [0.1, 0.15) is 32.3 Å². The molecule has 1 aromatic rings. The fourth-order valence-corrected chi connectivity index (χ4v) is 2.07. The number of halogens is 1. The summed E-state index contributed by atoms with van der Waals surface area (Å²) in [5.74, 6) is -0.858. The molecule has 1 rings (SSSR count). The van der Waals surface area contributed by atoms with E-state index in [0.29, 0.717) is 24.5 Å². The van der Waals surface area contributed by atoms with Gasteiger partial charge in [-0.05, 0) is 38.0 Å². The van der Waals surface area contributed by atoms with Crippen LogP contribution in [-0.2, 0) is 11.3 Å². The first-order chi connectivity index (χ1) is 9.90. The molecule has 0 atom stereocenters. The van der Waals surface area contributed by atoms with Crippen molar-refractivity contribution >= 4 is 23.6 Å². The molecule has 0 saturated heterocycles. The zero-order valence-corrected chi connectivity index (χ0v) is 13.1. The maximum atomic E-state index is 12.2. The van der Waals surface area contributed by atoms with Crippen molar-refractivity contribution in [2.24, 2.45) is 0 Å². The number of nitrogens with one attached hydrogen (secondary N) is 1. The number of hydrogen-bond donors (Lipinski definition) is 2. The molecule has 0 radical (unpaired) electrons. The Morgan fingerprint density at radius 2 is 2.10 bits per heavy atom. The van der Waals surface area contributed by atoms with Gasteiger partial charge in [0.2, 0.25) is 0 Å². The lowest BCUT2D eigenvalue weighted by molar-refractivity contribution is -0.137. The summed E-state index contributed by atoms with van der Waals surface area (Å²) < 4.78 is 0. The molecular formula is C15H21ClN2O3. The molecule has 0 aliphatic rings. The lowest BCUT2D eigenvalue weighted by Gasteiger charge is -2.27. The van der Waals surface area contributed by atoms with Crippen LogP contribution in [0.2, 0.25) is 5.02 Å². The SMILES string of the molecule is CC(C)N(Cc1cccc(Cl)c1)C(=O)NCCCC(=O)O. The first-order valence-electron chi connectivity index (χ1n) is 6.91. The van der Waals surface area contributed by atoms with E-state index in [2.05, 4.69) is 5.32 Å². The van der Waals surface area contributed by atoms with Crippen molar-refractivity contribution in [1.29, 1.82) is 0 Å². The second-order valence-electron chi connectivity index (χ2n) is 5.08. The molecule has 0 aromatic heterocycles. The highest BCUT2D eigenvalue weighted by atomic mass is 35.5. The van der Waals surface area contributed by atoms with Gasteiger partial charge in [0.1, 0.15) is 0 Å². The van der Waals surface area contributed by atoms with Gasteiger partial charge in [0.15, 0.2) is 0 Å². The van der Waals surface area contributed by atoms with Gasteiger partial charge in [-0.1, -0.05) is 23.7 Å². The average Bonchev–Trinajstić information content (AvgIpc) is 2.40. The first kappa shape index (κ1) is 17.3. The normalized spacial score (nSPS) is 10.5. The quantitative estimate of drug-likeness (QED) is 0.760. The average molecular weight is 313 g/mol. The summed E-state index contributed by atoms with van der Waals surface area (Å²) in [4.78, 5) is 24.3. The van der Waals surface area contributed by atoms with Gasteiger partial charge in [0.05, 0.1) is 0 Å². The van der Waals surface area contributed by atoms with Crippen LogP contribution in [0.15, 0.2) is 24.3 Å². The zero-order valence-electron chi connectivity index (χ0n) is 12.3. The molecule has 2 amide bonds. The van der Waals surface area contributed by atoms with Crippen LogP contribution >= 0.6 is 11.6 Å². The molecule has 0 aliphatic carbocycles. The Morgan fingerprint density at radius 3 is 2.67 bits per heavy atom. The van der Waals surface area contributed by atoms with Gasteiger partial charge < -0.3 is 15.3 Å². The number of carboxylic acid groups (broad SMARTS) is 1. The number of amides is 2. The maximum absolute atomic E-state index is 12.2. The van der Waals surface area contributed by atoms with Crippen LogP contribution in [0, 0.1) is 0 Å². The van der Waals surface area contributed by atoms with Gasteiger partial charge in [-0.25, -0.2) is 4.79 Å².